The van der Waals surface area contributed by atoms with E-state index in [-0.39, 0.29) is 24.6 Å². The van der Waals surface area contributed by atoms with Gasteiger partial charge in [-0.25, -0.2) is 8.42 Å². The minimum Gasteiger partial charge on any atom is -0.361 e. The molecule has 9 nitrogen and oxygen atoms in total. The Bertz CT molecular complexity index is 1060. The lowest BCUT2D eigenvalue weighted by molar-refractivity contribution is -0.113. The number of piperidine rings is 1. The number of aryl methyl sites for hydroxylation is 4. The molecule has 1 aliphatic rings. The molecule has 0 aromatic carbocycles. The van der Waals surface area contributed by atoms with Crippen LogP contribution >= 0.6 is 0 Å². The Morgan fingerprint density at radius 3 is 1.78 bits per heavy atom. The van der Waals surface area contributed by atoms with Crippen molar-refractivity contribution >= 4 is 28.0 Å². The lowest BCUT2D eigenvalue weighted by atomic mass is 9.95. The molecule has 0 amide bonds. The largest absolute Gasteiger partial charge is 0.361 e. The van der Waals surface area contributed by atoms with Crippen molar-refractivity contribution in [3.8, 4) is 0 Å². The zero-order valence-electron chi connectivity index (χ0n) is 19.4. The van der Waals surface area contributed by atoms with Crippen LogP contribution in [0.4, 0.5) is 0 Å². The Morgan fingerprint density at radius 1 is 0.938 bits per heavy atom. The number of Topliss-reactive ketones (excluding diaryl/α,β-unsaturated/α-hetero) is 1. The molecule has 0 atom stereocenters. The van der Waals surface area contributed by atoms with Gasteiger partial charge in [-0.3, -0.25) is 4.79 Å². The molecule has 0 spiro atoms. The summed E-state index contributed by atoms with van der Waals surface area (Å²) in [5, 5.41) is 7.86. The second kappa shape index (κ2) is 9.51. The van der Waals surface area contributed by atoms with Gasteiger partial charge >= 0.3 is 0 Å². The van der Waals surface area contributed by atoms with Crippen LogP contribution in [0.1, 0.15) is 40.5 Å². The predicted molar refractivity (Wildman–Crippen MR) is 121 cm³/mol. The second-order valence-corrected chi connectivity index (χ2v) is 10.5. The maximum atomic E-state index is 13.3. The number of carbonyl (C=O) groups excluding carboxylic acids is 1. The van der Waals surface area contributed by atoms with E-state index in [0.29, 0.717) is 58.1 Å². The van der Waals surface area contributed by atoms with Crippen LogP contribution in [0.25, 0.3) is 12.2 Å². The number of sulfonamides is 1. The maximum absolute atomic E-state index is 13.3. The topological polar surface area (TPSA) is 110 Å². The van der Waals surface area contributed by atoms with Crippen LogP contribution in [0.2, 0.25) is 0 Å². The summed E-state index contributed by atoms with van der Waals surface area (Å²) in [7, 11) is 0.236. The number of nitrogens with zero attached hydrogens (tertiary/aromatic N) is 4. The molecule has 0 saturated carbocycles. The highest BCUT2D eigenvalue weighted by atomic mass is 32.2. The van der Waals surface area contributed by atoms with E-state index >= 15 is 0 Å². The molecule has 174 valence electrons. The third-order valence-electron chi connectivity index (χ3n) is 5.49. The summed E-state index contributed by atoms with van der Waals surface area (Å²) in [5.74, 6) is 0.955. The smallest absolute Gasteiger partial charge is 0.214 e. The molecule has 0 N–H and O–H groups in total. The first-order chi connectivity index (χ1) is 15.0. The highest BCUT2D eigenvalue weighted by Gasteiger charge is 2.33. The lowest BCUT2D eigenvalue weighted by Crippen LogP contribution is -2.43. The van der Waals surface area contributed by atoms with E-state index in [1.807, 2.05) is 19.0 Å². The quantitative estimate of drug-likeness (QED) is 0.578. The van der Waals surface area contributed by atoms with E-state index in [1.165, 1.54) is 4.31 Å². The van der Waals surface area contributed by atoms with Crippen molar-refractivity contribution in [2.24, 2.45) is 0 Å². The van der Waals surface area contributed by atoms with Crippen molar-refractivity contribution < 1.29 is 22.3 Å². The normalized spacial score (nSPS) is 18.4. The molecule has 3 heterocycles. The SMILES string of the molecule is Cc1noc(C)c1/C=C1\CN(S(=O)(=O)CCCN(C)C)C/C(=C\c2c(C)noc2C)C1=O. The molecule has 1 fully saturated rings. The average Bonchev–Trinajstić information content (AvgIpc) is 3.20. The monoisotopic (exact) mass is 462 g/mol. The average molecular weight is 463 g/mol. The molecule has 2 aromatic heterocycles. The first-order valence-corrected chi connectivity index (χ1v) is 12.0. The summed E-state index contributed by atoms with van der Waals surface area (Å²) < 4.78 is 38.0. The zero-order valence-corrected chi connectivity index (χ0v) is 20.2. The molecule has 1 saturated heterocycles. The van der Waals surface area contributed by atoms with Crippen molar-refractivity contribution in [1.29, 1.82) is 0 Å². The minimum absolute atomic E-state index is 0.00608. The van der Waals surface area contributed by atoms with Gasteiger partial charge in [-0.15, -0.1) is 0 Å². The van der Waals surface area contributed by atoms with E-state index < -0.39 is 10.0 Å². The molecule has 0 radical (unpaired) electrons. The predicted octanol–water partition coefficient (Wildman–Crippen LogP) is 2.53. The first-order valence-electron chi connectivity index (χ1n) is 10.4. The third-order valence-corrected chi connectivity index (χ3v) is 7.34. The standard InChI is InChI=1S/C22H30N4O5S/c1-14-20(16(3)30-23-14)10-18-12-26(32(28,29)9-7-8-25(5)6)13-19(22(18)27)11-21-15(2)24-31-17(21)4/h10-11H,7-9,12-13H2,1-6H3/b18-10+,19-11+. The fourth-order valence-electron chi connectivity index (χ4n) is 3.64. The first kappa shape index (κ1) is 24.1. The molecular weight excluding hydrogens is 432 g/mol. The molecule has 32 heavy (non-hydrogen) atoms. The van der Waals surface area contributed by atoms with E-state index in [9.17, 15) is 13.2 Å². The number of hydrogen-bond acceptors (Lipinski definition) is 8. The van der Waals surface area contributed by atoms with Crippen LogP contribution in [0.3, 0.4) is 0 Å². The molecule has 0 bridgehead atoms. The van der Waals surface area contributed by atoms with Crippen LogP contribution < -0.4 is 0 Å². The van der Waals surface area contributed by atoms with Gasteiger partial charge in [0.05, 0.1) is 17.1 Å². The van der Waals surface area contributed by atoms with Crippen molar-refractivity contribution in [2.75, 3.05) is 39.5 Å². The summed E-state index contributed by atoms with van der Waals surface area (Å²) >= 11 is 0. The third kappa shape index (κ3) is 5.25. The maximum Gasteiger partial charge on any atom is 0.214 e. The summed E-state index contributed by atoms with van der Waals surface area (Å²) in [6.45, 7) is 7.76. The van der Waals surface area contributed by atoms with Gasteiger partial charge in [0, 0.05) is 35.4 Å². The van der Waals surface area contributed by atoms with E-state index in [4.69, 9.17) is 9.05 Å². The Hall–Kier alpha value is -2.56. The van der Waals surface area contributed by atoms with Gasteiger partial charge in [0.15, 0.2) is 5.78 Å². The van der Waals surface area contributed by atoms with E-state index in [1.54, 1.807) is 39.8 Å². The van der Waals surface area contributed by atoms with Crippen molar-refractivity contribution in [3.63, 3.8) is 0 Å². The number of ketones is 1. The summed E-state index contributed by atoms with van der Waals surface area (Å²) in [5.41, 5.74) is 3.42. The Kier molecular flexibility index (Phi) is 7.16. The van der Waals surface area contributed by atoms with Gasteiger partial charge in [0.2, 0.25) is 10.0 Å². The van der Waals surface area contributed by atoms with Gasteiger partial charge in [-0.1, -0.05) is 10.3 Å². The van der Waals surface area contributed by atoms with Crippen LogP contribution in [0, 0.1) is 27.7 Å². The zero-order chi connectivity index (χ0) is 23.6. The lowest BCUT2D eigenvalue weighted by Gasteiger charge is -2.29. The molecule has 3 rings (SSSR count). The molecule has 2 aromatic rings. The van der Waals surface area contributed by atoms with Gasteiger partial charge in [-0.05, 0) is 66.9 Å². The van der Waals surface area contributed by atoms with Gasteiger partial charge in [0.25, 0.3) is 0 Å². The highest BCUT2D eigenvalue weighted by Crippen LogP contribution is 2.27. The summed E-state index contributed by atoms with van der Waals surface area (Å²) in [6.07, 6.45) is 3.88. The Labute approximate surface area is 188 Å². The Morgan fingerprint density at radius 2 is 1.41 bits per heavy atom. The number of carbonyl (C=O) groups is 1. The van der Waals surface area contributed by atoms with Gasteiger partial charge in [0.1, 0.15) is 11.5 Å². The fraction of sp³-hybridized carbons (Fsp3) is 0.500. The molecule has 0 aliphatic carbocycles. The van der Waals surface area contributed by atoms with Crippen LogP contribution in [0.15, 0.2) is 20.2 Å². The number of rotatable bonds is 7. The van der Waals surface area contributed by atoms with Crippen LogP contribution in [-0.4, -0.2) is 73.2 Å². The van der Waals surface area contributed by atoms with Crippen molar-refractivity contribution in [3.05, 3.63) is 45.2 Å². The minimum atomic E-state index is -3.57. The second-order valence-electron chi connectivity index (χ2n) is 8.38. The Balaban J connectivity index is 2.02. The molecule has 1 aliphatic heterocycles. The molecule has 10 heteroatoms. The number of aromatic nitrogens is 2. The van der Waals surface area contributed by atoms with E-state index in [2.05, 4.69) is 10.3 Å². The highest BCUT2D eigenvalue weighted by molar-refractivity contribution is 7.89. The van der Waals surface area contributed by atoms with E-state index in [0.717, 1.165) is 0 Å². The fourth-order valence-corrected chi connectivity index (χ4v) is 5.06. The van der Waals surface area contributed by atoms with Crippen LogP contribution in [0.5, 0.6) is 0 Å². The van der Waals surface area contributed by atoms with Crippen molar-refractivity contribution in [1.82, 2.24) is 19.5 Å². The summed E-state index contributed by atoms with van der Waals surface area (Å²) in [6, 6.07) is 0. The number of hydrogen-bond donors (Lipinski definition) is 0. The van der Waals surface area contributed by atoms with Crippen molar-refractivity contribution in [2.45, 2.75) is 34.1 Å². The van der Waals surface area contributed by atoms with Gasteiger partial charge < -0.3 is 13.9 Å². The summed E-state index contributed by atoms with van der Waals surface area (Å²) in [4.78, 5) is 15.3. The molecular formula is C22H30N4O5S. The van der Waals surface area contributed by atoms with Crippen LogP contribution in [-0.2, 0) is 14.8 Å². The molecule has 0 unspecified atom stereocenters. The van der Waals surface area contributed by atoms with Gasteiger partial charge in [-0.2, -0.15) is 4.31 Å².